The Morgan fingerprint density at radius 1 is 1.32 bits per heavy atom. The lowest BCUT2D eigenvalue weighted by molar-refractivity contribution is 0.203. The molecular weight excluding hydrogens is 272 g/mol. The van der Waals surface area contributed by atoms with E-state index in [0.29, 0.717) is 6.04 Å². The van der Waals surface area contributed by atoms with Crippen LogP contribution >= 0.6 is 23.3 Å². The molecule has 0 aliphatic heterocycles. The van der Waals surface area contributed by atoms with Crippen molar-refractivity contribution in [2.24, 2.45) is 0 Å². The summed E-state index contributed by atoms with van der Waals surface area (Å²) in [5, 5.41) is 0. The third-order valence-corrected chi connectivity index (χ3v) is 6.05. The summed E-state index contributed by atoms with van der Waals surface area (Å²) in [4.78, 5) is 4.72. The van der Waals surface area contributed by atoms with Crippen molar-refractivity contribution in [3.05, 3.63) is 24.3 Å². The maximum absolute atomic E-state index is 4.72. The van der Waals surface area contributed by atoms with Crippen molar-refractivity contribution in [1.82, 2.24) is 9.29 Å². The predicted molar refractivity (Wildman–Crippen MR) is 86.8 cm³/mol. The molecule has 4 heteroatoms. The van der Waals surface area contributed by atoms with Gasteiger partial charge in [0.2, 0.25) is 0 Å². The maximum Gasteiger partial charge on any atom is 0.166 e. The molecule has 0 bridgehead atoms. The number of hydrogen-bond acceptors (Lipinski definition) is 4. The molecule has 0 atom stereocenters. The lowest BCUT2D eigenvalue weighted by Crippen LogP contribution is -2.42. The van der Waals surface area contributed by atoms with Gasteiger partial charge in [0.1, 0.15) is 0 Å². The smallest absolute Gasteiger partial charge is 0.166 e. The summed E-state index contributed by atoms with van der Waals surface area (Å²) in [5.74, 6) is 0. The zero-order chi connectivity index (χ0) is 14.0. The van der Waals surface area contributed by atoms with E-state index < -0.39 is 0 Å². The quantitative estimate of drug-likeness (QED) is 0.705. The molecule has 104 valence electrons. The highest BCUT2D eigenvalue weighted by atomic mass is 32.2. The van der Waals surface area contributed by atoms with E-state index >= 15 is 0 Å². The van der Waals surface area contributed by atoms with Crippen LogP contribution in [0.5, 0.6) is 0 Å². The van der Waals surface area contributed by atoms with E-state index in [1.165, 1.54) is 4.70 Å². The summed E-state index contributed by atoms with van der Waals surface area (Å²) >= 11 is 3.57. The second-order valence-corrected chi connectivity index (χ2v) is 7.88. The summed E-state index contributed by atoms with van der Waals surface area (Å²) < 4.78 is 4.87. The molecule has 2 nitrogen and oxygen atoms in total. The predicted octanol–water partition coefficient (Wildman–Crippen LogP) is 5.20. The van der Waals surface area contributed by atoms with Crippen LogP contribution in [0.1, 0.15) is 41.0 Å². The van der Waals surface area contributed by atoms with Gasteiger partial charge in [0.25, 0.3) is 0 Å². The second kappa shape index (κ2) is 5.81. The second-order valence-electron chi connectivity index (χ2n) is 5.62. The first kappa shape index (κ1) is 14.8. The normalized spacial score (nSPS) is 12.8. The fourth-order valence-corrected chi connectivity index (χ4v) is 4.31. The molecule has 0 radical (unpaired) electrons. The van der Waals surface area contributed by atoms with Crippen LogP contribution in [0, 0.1) is 0 Å². The summed E-state index contributed by atoms with van der Waals surface area (Å²) in [7, 11) is 0. The van der Waals surface area contributed by atoms with Crippen LogP contribution in [-0.2, 0) is 0 Å². The highest BCUT2D eigenvalue weighted by Gasteiger charge is 2.29. The van der Waals surface area contributed by atoms with Crippen molar-refractivity contribution in [3.8, 4) is 0 Å². The molecule has 0 fully saturated rings. The standard InChI is InChI=1S/C15H22N2S2/c1-6-15(4,5)17(11(2)3)19-14-16-12-9-7-8-10-13(12)18-14/h7-11H,6H2,1-5H3. The van der Waals surface area contributed by atoms with E-state index in [9.17, 15) is 0 Å². The number of benzene rings is 1. The SMILES string of the molecule is CCC(C)(C)N(Sc1nc2ccccc2s1)C(C)C. The molecule has 0 unspecified atom stereocenters. The molecule has 0 spiro atoms. The molecular formula is C15H22N2S2. The molecule has 0 saturated carbocycles. The molecule has 1 heterocycles. The number of nitrogens with zero attached hydrogens (tertiary/aromatic N) is 2. The van der Waals surface area contributed by atoms with Crippen molar-refractivity contribution in [2.45, 2.75) is 57.0 Å². The minimum atomic E-state index is 0.177. The number of fused-ring (bicyclic) bond motifs is 1. The van der Waals surface area contributed by atoms with Gasteiger partial charge >= 0.3 is 0 Å². The van der Waals surface area contributed by atoms with Crippen molar-refractivity contribution in [3.63, 3.8) is 0 Å². The van der Waals surface area contributed by atoms with Crippen LogP contribution in [0.4, 0.5) is 0 Å². The summed E-state index contributed by atoms with van der Waals surface area (Å²) in [5.41, 5.74) is 1.28. The first-order valence-corrected chi connectivity index (χ1v) is 8.36. The topological polar surface area (TPSA) is 16.1 Å². The summed E-state index contributed by atoms with van der Waals surface area (Å²) in [6.45, 7) is 11.3. The van der Waals surface area contributed by atoms with Crippen molar-refractivity contribution < 1.29 is 0 Å². The Morgan fingerprint density at radius 3 is 2.58 bits per heavy atom. The maximum atomic E-state index is 4.72. The van der Waals surface area contributed by atoms with E-state index in [2.05, 4.69) is 57.1 Å². The summed E-state index contributed by atoms with van der Waals surface area (Å²) in [6.07, 6.45) is 1.13. The molecule has 0 aliphatic rings. The van der Waals surface area contributed by atoms with Crippen molar-refractivity contribution >= 4 is 33.5 Å². The molecule has 0 N–H and O–H groups in total. The van der Waals surface area contributed by atoms with Crippen molar-refractivity contribution in [2.75, 3.05) is 0 Å². The third-order valence-electron chi connectivity index (χ3n) is 3.38. The van der Waals surface area contributed by atoms with Gasteiger partial charge < -0.3 is 0 Å². The van der Waals surface area contributed by atoms with Crippen LogP contribution in [0.2, 0.25) is 0 Å². The van der Waals surface area contributed by atoms with Crippen LogP contribution in [0.25, 0.3) is 10.2 Å². The third kappa shape index (κ3) is 3.30. The zero-order valence-corrected chi connectivity index (χ0v) is 13.9. The summed E-state index contributed by atoms with van der Waals surface area (Å²) in [6, 6.07) is 8.84. The monoisotopic (exact) mass is 294 g/mol. The van der Waals surface area contributed by atoms with Crippen LogP contribution in [0.15, 0.2) is 28.6 Å². The van der Waals surface area contributed by atoms with E-state index in [0.717, 1.165) is 16.3 Å². The fourth-order valence-electron chi connectivity index (χ4n) is 2.06. The average Bonchev–Trinajstić information content (AvgIpc) is 2.77. The number of rotatable bonds is 5. The molecule has 0 amide bonds. The number of thiazole rings is 1. The van der Waals surface area contributed by atoms with Gasteiger partial charge in [-0.3, -0.25) is 0 Å². The van der Waals surface area contributed by atoms with Crippen LogP contribution in [0.3, 0.4) is 0 Å². The molecule has 0 saturated heterocycles. The van der Waals surface area contributed by atoms with Gasteiger partial charge in [-0.1, -0.05) is 19.1 Å². The van der Waals surface area contributed by atoms with Gasteiger partial charge in [-0.2, -0.15) is 0 Å². The van der Waals surface area contributed by atoms with Gasteiger partial charge in [0.15, 0.2) is 4.34 Å². The Labute approximate surface area is 124 Å². The van der Waals surface area contributed by atoms with Crippen LogP contribution in [-0.4, -0.2) is 20.9 Å². The van der Waals surface area contributed by atoms with Gasteiger partial charge in [-0.15, -0.1) is 11.3 Å². The Hall–Kier alpha value is -0.580. The highest BCUT2D eigenvalue weighted by Crippen LogP contribution is 2.37. The van der Waals surface area contributed by atoms with E-state index in [-0.39, 0.29) is 5.54 Å². The Balaban J connectivity index is 2.26. The Bertz CT molecular complexity index is 513. The van der Waals surface area contributed by atoms with Gasteiger partial charge in [-0.25, -0.2) is 9.29 Å². The lowest BCUT2D eigenvalue weighted by atomic mass is 10.0. The lowest BCUT2D eigenvalue weighted by Gasteiger charge is -2.39. The Morgan fingerprint density at radius 2 is 2.00 bits per heavy atom. The largest absolute Gasteiger partial charge is 0.236 e. The molecule has 1 aromatic carbocycles. The van der Waals surface area contributed by atoms with E-state index in [1.807, 2.05) is 6.07 Å². The fraction of sp³-hybridized carbons (Fsp3) is 0.533. The first-order chi connectivity index (χ1) is 8.94. The molecule has 2 rings (SSSR count). The minimum absolute atomic E-state index is 0.177. The molecule has 0 aliphatic carbocycles. The molecule has 1 aromatic heterocycles. The average molecular weight is 294 g/mol. The highest BCUT2D eigenvalue weighted by molar-refractivity contribution is 7.99. The number of para-hydroxylation sites is 1. The van der Waals surface area contributed by atoms with Crippen molar-refractivity contribution in [1.29, 1.82) is 0 Å². The van der Waals surface area contributed by atoms with E-state index in [1.54, 1.807) is 23.3 Å². The zero-order valence-electron chi connectivity index (χ0n) is 12.3. The number of aromatic nitrogens is 1. The van der Waals surface area contributed by atoms with Crippen LogP contribution < -0.4 is 0 Å². The Kier molecular flexibility index (Phi) is 4.54. The van der Waals surface area contributed by atoms with Gasteiger partial charge in [0.05, 0.1) is 10.2 Å². The van der Waals surface area contributed by atoms with Gasteiger partial charge in [-0.05, 0) is 58.2 Å². The molecule has 19 heavy (non-hydrogen) atoms. The van der Waals surface area contributed by atoms with Gasteiger partial charge in [0, 0.05) is 11.6 Å². The first-order valence-electron chi connectivity index (χ1n) is 6.77. The molecule has 2 aromatic rings. The van der Waals surface area contributed by atoms with E-state index in [4.69, 9.17) is 4.98 Å². The minimum Gasteiger partial charge on any atom is -0.236 e. The number of hydrogen-bond donors (Lipinski definition) is 0.